The average molecular weight is 301 g/mol. The summed E-state index contributed by atoms with van der Waals surface area (Å²) in [5, 5.41) is 4.30. The Hall–Kier alpha value is -1.88. The topological polar surface area (TPSA) is 39.4 Å². The molecule has 1 unspecified atom stereocenters. The van der Waals surface area contributed by atoms with Crippen molar-refractivity contribution < 1.29 is 4.43 Å². The minimum Gasteiger partial charge on any atom is -0.544 e. The van der Waals surface area contributed by atoms with Crippen LogP contribution in [0.1, 0.15) is 24.2 Å². The van der Waals surface area contributed by atoms with Crippen LogP contribution in [-0.4, -0.2) is 24.3 Å². The standard InChI is InChI=1S/C16H23N3OSi/c1-13(17-12-14-10-11-19(2)18-14)15-8-6-7-9-16(15)20-21(3,4)5/h6-13H,1-5H3. The molecular weight excluding hydrogens is 278 g/mol. The third-order valence-electron chi connectivity index (χ3n) is 2.95. The minimum atomic E-state index is -1.63. The lowest BCUT2D eigenvalue weighted by molar-refractivity contribution is 0.543. The van der Waals surface area contributed by atoms with E-state index >= 15 is 0 Å². The Labute approximate surface area is 127 Å². The molecule has 1 atom stereocenters. The summed E-state index contributed by atoms with van der Waals surface area (Å²) in [5.74, 6) is 0.947. The van der Waals surface area contributed by atoms with Gasteiger partial charge in [-0.15, -0.1) is 0 Å². The van der Waals surface area contributed by atoms with Gasteiger partial charge in [0.25, 0.3) is 0 Å². The second kappa shape index (κ2) is 6.26. The first-order valence-electron chi connectivity index (χ1n) is 7.16. The molecule has 2 aromatic rings. The molecule has 1 aromatic heterocycles. The Morgan fingerprint density at radius 3 is 2.57 bits per heavy atom. The van der Waals surface area contributed by atoms with Gasteiger partial charge in [-0.05, 0) is 38.7 Å². The van der Waals surface area contributed by atoms with Crippen molar-refractivity contribution in [3.63, 3.8) is 0 Å². The van der Waals surface area contributed by atoms with E-state index in [0.29, 0.717) is 0 Å². The number of para-hydroxylation sites is 1. The summed E-state index contributed by atoms with van der Waals surface area (Å²) in [7, 11) is 0.274. The summed E-state index contributed by atoms with van der Waals surface area (Å²) in [6.07, 6.45) is 3.73. The van der Waals surface area contributed by atoms with Crippen molar-refractivity contribution in [3.05, 3.63) is 47.8 Å². The Bertz CT molecular complexity index is 628. The van der Waals surface area contributed by atoms with Crippen LogP contribution < -0.4 is 4.43 Å². The molecule has 0 amide bonds. The van der Waals surface area contributed by atoms with Gasteiger partial charge < -0.3 is 4.43 Å². The van der Waals surface area contributed by atoms with Crippen molar-refractivity contribution in [2.24, 2.45) is 12.0 Å². The number of hydrogen-bond acceptors (Lipinski definition) is 3. The Morgan fingerprint density at radius 1 is 1.24 bits per heavy atom. The van der Waals surface area contributed by atoms with Gasteiger partial charge in [0.1, 0.15) is 11.4 Å². The van der Waals surface area contributed by atoms with Crippen LogP contribution in [0.25, 0.3) is 0 Å². The summed E-state index contributed by atoms with van der Waals surface area (Å²) in [6, 6.07) is 10.1. The van der Waals surface area contributed by atoms with E-state index in [0.717, 1.165) is 17.0 Å². The highest BCUT2D eigenvalue weighted by Gasteiger charge is 2.19. The summed E-state index contributed by atoms with van der Waals surface area (Å²) in [4.78, 5) is 4.60. The summed E-state index contributed by atoms with van der Waals surface area (Å²) in [6.45, 7) is 8.63. The van der Waals surface area contributed by atoms with Gasteiger partial charge in [0.15, 0.2) is 0 Å². The number of aromatic nitrogens is 2. The Kier molecular flexibility index (Phi) is 4.62. The first-order valence-corrected chi connectivity index (χ1v) is 10.6. The zero-order chi connectivity index (χ0) is 15.5. The molecule has 0 aliphatic carbocycles. The maximum absolute atomic E-state index is 6.16. The third-order valence-corrected chi connectivity index (χ3v) is 3.78. The third kappa shape index (κ3) is 4.56. The molecule has 1 heterocycles. The largest absolute Gasteiger partial charge is 0.544 e. The van der Waals surface area contributed by atoms with Crippen LogP contribution in [0.15, 0.2) is 41.5 Å². The molecule has 0 bridgehead atoms. The van der Waals surface area contributed by atoms with Crippen molar-refractivity contribution in [3.8, 4) is 5.75 Å². The fourth-order valence-corrected chi connectivity index (χ4v) is 2.86. The number of rotatable bonds is 5. The van der Waals surface area contributed by atoms with Gasteiger partial charge in [-0.2, -0.15) is 5.10 Å². The molecule has 5 heteroatoms. The maximum atomic E-state index is 6.16. The lowest BCUT2D eigenvalue weighted by atomic mass is 10.1. The number of nitrogens with zero attached hydrogens (tertiary/aromatic N) is 3. The molecule has 0 aliphatic rings. The van der Waals surface area contributed by atoms with E-state index in [1.807, 2.05) is 43.7 Å². The van der Waals surface area contributed by atoms with Crippen molar-refractivity contribution in [2.75, 3.05) is 0 Å². The van der Waals surface area contributed by atoms with Gasteiger partial charge >= 0.3 is 0 Å². The average Bonchev–Trinajstić information content (AvgIpc) is 2.80. The molecule has 0 saturated heterocycles. The SMILES string of the molecule is CC(N=Cc1ccn(C)n1)c1ccccc1O[Si](C)(C)C. The molecule has 0 spiro atoms. The number of benzene rings is 1. The molecule has 2 rings (SSSR count). The number of hydrogen-bond donors (Lipinski definition) is 0. The number of aryl methyl sites for hydroxylation is 1. The summed E-state index contributed by atoms with van der Waals surface area (Å²) >= 11 is 0. The van der Waals surface area contributed by atoms with Crippen molar-refractivity contribution >= 4 is 14.5 Å². The molecule has 4 nitrogen and oxygen atoms in total. The monoisotopic (exact) mass is 301 g/mol. The fraction of sp³-hybridized carbons (Fsp3) is 0.375. The Morgan fingerprint density at radius 2 is 1.95 bits per heavy atom. The van der Waals surface area contributed by atoms with Gasteiger partial charge in [-0.1, -0.05) is 18.2 Å². The van der Waals surface area contributed by atoms with Gasteiger partial charge in [-0.25, -0.2) is 0 Å². The molecule has 1 aromatic carbocycles. The highest BCUT2D eigenvalue weighted by Crippen LogP contribution is 2.29. The lowest BCUT2D eigenvalue weighted by Gasteiger charge is -2.22. The normalized spacial score (nSPS) is 13.6. The molecule has 0 aliphatic heterocycles. The Balaban J connectivity index is 2.19. The molecule has 0 radical (unpaired) electrons. The predicted molar refractivity (Wildman–Crippen MR) is 89.6 cm³/mol. The van der Waals surface area contributed by atoms with E-state index in [-0.39, 0.29) is 6.04 Å². The van der Waals surface area contributed by atoms with Gasteiger partial charge in [0.05, 0.1) is 6.04 Å². The quantitative estimate of drug-likeness (QED) is 0.622. The summed E-state index contributed by atoms with van der Waals surface area (Å²) in [5.41, 5.74) is 1.99. The second-order valence-electron chi connectivity index (χ2n) is 6.12. The van der Waals surface area contributed by atoms with Crippen molar-refractivity contribution in [2.45, 2.75) is 32.6 Å². The second-order valence-corrected chi connectivity index (χ2v) is 10.5. The molecule has 0 saturated carbocycles. The smallest absolute Gasteiger partial charge is 0.242 e. The predicted octanol–water partition coefficient (Wildman–Crippen LogP) is 3.81. The van der Waals surface area contributed by atoms with Gasteiger partial charge in [-0.3, -0.25) is 9.67 Å². The van der Waals surface area contributed by atoms with Crippen LogP contribution in [0.4, 0.5) is 0 Å². The van der Waals surface area contributed by atoms with Crippen LogP contribution in [0.2, 0.25) is 19.6 Å². The molecule has 112 valence electrons. The molecule has 0 N–H and O–H groups in total. The van der Waals surface area contributed by atoms with E-state index in [1.54, 1.807) is 4.68 Å². The van der Waals surface area contributed by atoms with Crippen LogP contribution in [0.5, 0.6) is 5.75 Å². The zero-order valence-electron chi connectivity index (χ0n) is 13.4. The van der Waals surface area contributed by atoms with Gasteiger partial charge in [0.2, 0.25) is 8.32 Å². The van der Waals surface area contributed by atoms with Crippen LogP contribution in [-0.2, 0) is 7.05 Å². The molecule has 0 fully saturated rings. The van der Waals surface area contributed by atoms with Gasteiger partial charge in [0, 0.05) is 25.0 Å². The van der Waals surface area contributed by atoms with Crippen molar-refractivity contribution in [1.82, 2.24) is 9.78 Å². The molecular formula is C16H23N3OSi. The van der Waals surface area contributed by atoms with E-state index in [9.17, 15) is 0 Å². The van der Waals surface area contributed by atoms with E-state index in [4.69, 9.17) is 4.43 Å². The maximum Gasteiger partial charge on any atom is 0.242 e. The first-order chi connectivity index (χ1) is 9.85. The highest BCUT2D eigenvalue weighted by atomic mass is 28.4. The van der Waals surface area contributed by atoms with E-state index < -0.39 is 8.32 Å². The number of aliphatic imine (C=N–C) groups is 1. The summed E-state index contributed by atoms with van der Waals surface area (Å²) < 4.78 is 7.93. The lowest BCUT2D eigenvalue weighted by Crippen LogP contribution is -2.29. The highest BCUT2D eigenvalue weighted by molar-refractivity contribution is 6.70. The van der Waals surface area contributed by atoms with Crippen LogP contribution in [0, 0.1) is 0 Å². The fourth-order valence-electron chi connectivity index (χ4n) is 2.02. The zero-order valence-corrected chi connectivity index (χ0v) is 14.4. The minimum absolute atomic E-state index is 0.0413. The van der Waals surface area contributed by atoms with Crippen molar-refractivity contribution in [1.29, 1.82) is 0 Å². The van der Waals surface area contributed by atoms with E-state index in [1.165, 1.54) is 0 Å². The van der Waals surface area contributed by atoms with Crippen LogP contribution >= 0.6 is 0 Å². The van der Waals surface area contributed by atoms with E-state index in [2.05, 4.69) is 42.7 Å². The van der Waals surface area contributed by atoms with Crippen LogP contribution in [0.3, 0.4) is 0 Å². The molecule has 21 heavy (non-hydrogen) atoms. The first kappa shape index (κ1) is 15.5.